The zero-order valence-electron chi connectivity index (χ0n) is 9.44. The SMILES string of the molecule is ClC1CC2CCC(C1)N2CCc1cccs1. The van der Waals surface area contributed by atoms with E-state index in [0.717, 1.165) is 12.1 Å². The Bertz CT molecular complexity index is 324. The standard InChI is InChI=1S/C13H18ClNS/c14-10-8-11-3-4-12(9-10)15(11)6-5-13-2-1-7-16-13/h1-2,7,10-12H,3-6,8-9H2. The predicted molar refractivity (Wildman–Crippen MR) is 70.4 cm³/mol. The normalized spacial score (nSPS) is 34.4. The molecule has 2 aliphatic rings. The molecule has 16 heavy (non-hydrogen) atoms. The summed E-state index contributed by atoms with van der Waals surface area (Å²) in [5, 5.41) is 2.62. The molecule has 0 aromatic carbocycles. The minimum absolute atomic E-state index is 0.440. The van der Waals surface area contributed by atoms with Gasteiger partial charge in [-0.2, -0.15) is 0 Å². The Morgan fingerprint density at radius 2 is 2.06 bits per heavy atom. The van der Waals surface area contributed by atoms with E-state index >= 15 is 0 Å². The first-order valence-electron chi connectivity index (χ1n) is 6.25. The third-order valence-corrected chi connectivity index (χ3v) is 5.32. The summed E-state index contributed by atoms with van der Waals surface area (Å²) in [6.07, 6.45) is 6.39. The maximum atomic E-state index is 6.29. The minimum Gasteiger partial charge on any atom is -0.297 e. The molecule has 0 N–H and O–H groups in total. The lowest BCUT2D eigenvalue weighted by Gasteiger charge is -2.36. The Kier molecular flexibility index (Phi) is 3.23. The second-order valence-corrected chi connectivity index (χ2v) is 6.67. The predicted octanol–water partition coefficient (Wildman–Crippen LogP) is 3.52. The molecule has 2 bridgehead atoms. The number of fused-ring (bicyclic) bond motifs is 2. The summed E-state index contributed by atoms with van der Waals surface area (Å²) in [6, 6.07) is 5.96. The highest BCUT2D eigenvalue weighted by atomic mass is 35.5. The smallest absolute Gasteiger partial charge is 0.0365 e. The average Bonchev–Trinajstić information content (AvgIpc) is 2.83. The van der Waals surface area contributed by atoms with Gasteiger partial charge in [-0.1, -0.05) is 6.07 Å². The fraction of sp³-hybridized carbons (Fsp3) is 0.692. The largest absolute Gasteiger partial charge is 0.297 e. The van der Waals surface area contributed by atoms with Gasteiger partial charge in [0.2, 0.25) is 0 Å². The van der Waals surface area contributed by atoms with Crippen LogP contribution in [0.4, 0.5) is 0 Å². The van der Waals surface area contributed by atoms with Crippen molar-refractivity contribution in [1.29, 1.82) is 0 Å². The third kappa shape index (κ3) is 2.15. The van der Waals surface area contributed by atoms with Gasteiger partial charge in [0.05, 0.1) is 0 Å². The van der Waals surface area contributed by atoms with Gasteiger partial charge in [-0.15, -0.1) is 22.9 Å². The van der Waals surface area contributed by atoms with E-state index in [1.165, 1.54) is 43.5 Å². The second-order valence-electron chi connectivity index (χ2n) is 5.02. The summed E-state index contributed by atoms with van der Waals surface area (Å²) in [6.45, 7) is 1.24. The van der Waals surface area contributed by atoms with Gasteiger partial charge in [-0.3, -0.25) is 4.90 Å². The second kappa shape index (κ2) is 4.67. The lowest BCUT2D eigenvalue weighted by molar-refractivity contribution is 0.145. The summed E-state index contributed by atoms with van der Waals surface area (Å²) in [4.78, 5) is 4.24. The first-order chi connectivity index (χ1) is 7.83. The molecule has 1 nitrogen and oxygen atoms in total. The fourth-order valence-electron chi connectivity index (χ4n) is 3.27. The highest BCUT2D eigenvalue weighted by Gasteiger charge is 2.39. The summed E-state index contributed by atoms with van der Waals surface area (Å²) < 4.78 is 0. The summed E-state index contributed by atoms with van der Waals surface area (Å²) >= 11 is 8.17. The Balaban J connectivity index is 1.59. The van der Waals surface area contributed by atoms with Crippen LogP contribution in [0, 0.1) is 0 Å². The molecule has 3 heterocycles. The fourth-order valence-corrected chi connectivity index (χ4v) is 4.38. The molecule has 2 saturated heterocycles. The zero-order valence-corrected chi connectivity index (χ0v) is 11.0. The molecule has 88 valence electrons. The molecule has 0 saturated carbocycles. The van der Waals surface area contributed by atoms with E-state index < -0.39 is 0 Å². The van der Waals surface area contributed by atoms with Crippen LogP contribution in [0.15, 0.2) is 17.5 Å². The van der Waals surface area contributed by atoms with E-state index in [4.69, 9.17) is 11.6 Å². The van der Waals surface area contributed by atoms with E-state index in [1.54, 1.807) is 0 Å². The molecular formula is C13H18ClNS. The van der Waals surface area contributed by atoms with E-state index in [1.807, 2.05) is 11.3 Å². The molecule has 0 aliphatic carbocycles. The molecule has 1 aromatic heterocycles. The minimum atomic E-state index is 0.440. The van der Waals surface area contributed by atoms with E-state index in [2.05, 4.69) is 22.4 Å². The van der Waals surface area contributed by atoms with Gasteiger partial charge in [0.25, 0.3) is 0 Å². The summed E-state index contributed by atoms with van der Waals surface area (Å²) in [5.74, 6) is 0. The molecule has 0 spiro atoms. The summed E-state index contributed by atoms with van der Waals surface area (Å²) in [5.41, 5.74) is 0. The molecule has 2 unspecified atom stereocenters. The van der Waals surface area contributed by atoms with Crippen LogP contribution in [0.1, 0.15) is 30.6 Å². The number of rotatable bonds is 3. The van der Waals surface area contributed by atoms with Crippen LogP contribution >= 0.6 is 22.9 Å². The summed E-state index contributed by atoms with van der Waals surface area (Å²) in [7, 11) is 0. The van der Waals surface area contributed by atoms with Crippen LogP contribution in [-0.2, 0) is 6.42 Å². The number of hydrogen-bond donors (Lipinski definition) is 0. The first-order valence-corrected chi connectivity index (χ1v) is 7.57. The molecule has 3 rings (SSSR count). The highest BCUT2D eigenvalue weighted by molar-refractivity contribution is 7.09. The zero-order chi connectivity index (χ0) is 11.0. The number of halogens is 1. The average molecular weight is 256 g/mol. The van der Waals surface area contributed by atoms with Crippen LogP contribution in [0.3, 0.4) is 0 Å². The van der Waals surface area contributed by atoms with Crippen LogP contribution in [0.25, 0.3) is 0 Å². The van der Waals surface area contributed by atoms with Crippen molar-refractivity contribution in [2.75, 3.05) is 6.54 Å². The molecule has 2 atom stereocenters. The lowest BCUT2D eigenvalue weighted by atomic mass is 10.0. The van der Waals surface area contributed by atoms with Gasteiger partial charge in [0.15, 0.2) is 0 Å². The molecular weight excluding hydrogens is 238 g/mol. The highest BCUT2D eigenvalue weighted by Crippen LogP contribution is 2.37. The Morgan fingerprint density at radius 3 is 2.69 bits per heavy atom. The number of nitrogens with zero attached hydrogens (tertiary/aromatic N) is 1. The number of thiophene rings is 1. The van der Waals surface area contributed by atoms with E-state index in [-0.39, 0.29) is 0 Å². The first kappa shape index (κ1) is 11.1. The van der Waals surface area contributed by atoms with Gasteiger partial charge >= 0.3 is 0 Å². The van der Waals surface area contributed by atoms with Crippen molar-refractivity contribution in [1.82, 2.24) is 4.90 Å². The molecule has 3 heteroatoms. The van der Waals surface area contributed by atoms with Crippen LogP contribution in [0.2, 0.25) is 0 Å². The van der Waals surface area contributed by atoms with Gasteiger partial charge in [-0.25, -0.2) is 0 Å². The van der Waals surface area contributed by atoms with Gasteiger partial charge in [-0.05, 0) is 43.6 Å². The van der Waals surface area contributed by atoms with Crippen molar-refractivity contribution >= 4 is 22.9 Å². The third-order valence-electron chi connectivity index (χ3n) is 4.02. The van der Waals surface area contributed by atoms with Crippen LogP contribution < -0.4 is 0 Å². The van der Waals surface area contributed by atoms with Gasteiger partial charge in [0.1, 0.15) is 0 Å². The van der Waals surface area contributed by atoms with Crippen molar-refractivity contribution in [3.05, 3.63) is 22.4 Å². The Morgan fingerprint density at radius 1 is 1.31 bits per heavy atom. The molecule has 2 fully saturated rings. The van der Waals surface area contributed by atoms with Crippen molar-refractivity contribution in [2.24, 2.45) is 0 Å². The molecule has 1 aromatic rings. The lowest BCUT2D eigenvalue weighted by Crippen LogP contribution is -2.44. The van der Waals surface area contributed by atoms with Gasteiger partial charge in [0, 0.05) is 28.9 Å². The Hall–Kier alpha value is -0.0500. The monoisotopic (exact) mass is 255 g/mol. The number of alkyl halides is 1. The topological polar surface area (TPSA) is 3.24 Å². The van der Waals surface area contributed by atoms with Crippen molar-refractivity contribution in [3.63, 3.8) is 0 Å². The maximum absolute atomic E-state index is 6.29. The molecule has 0 amide bonds. The number of hydrogen-bond acceptors (Lipinski definition) is 2. The van der Waals surface area contributed by atoms with Crippen molar-refractivity contribution in [2.45, 2.75) is 49.6 Å². The number of piperidine rings is 1. The van der Waals surface area contributed by atoms with Crippen molar-refractivity contribution < 1.29 is 0 Å². The Labute approximate surface area is 106 Å². The van der Waals surface area contributed by atoms with Crippen LogP contribution in [0.5, 0.6) is 0 Å². The molecule has 2 aliphatic heterocycles. The quantitative estimate of drug-likeness (QED) is 0.747. The van der Waals surface area contributed by atoms with Gasteiger partial charge < -0.3 is 0 Å². The molecule has 0 radical (unpaired) electrons. The van der Waals surface area contributed by atoms with E-state index in [0.29, 0.717) is 5.38 Å². The maximum Gasteiger partial charge on any atom is 0.0365 e. The van der Waals surface area contributed by atoms with Crippen LogP contribution in [-0.4, -0.2) is 28.9 Å². The van der Waals surface area contributed by atoms with E-state index in [9.17, 15) is 0 Å². The van der Waals surface area contributed by atoms with Crippen molar-refractivity contribution in [3.8, 4) is 0 Å².